The van der Waals surface area contributed by atoms with Gasteiger partial charge in [0.1, 0.15) is 0 Å². The van der Waals surface area contributed by atoms with Crippen LogP contribution >= 0.6 is 0 Å². The highest BCUT2D eigenvalue weighted by Gasteiger charge is 1.99. The summed E-state index contributed by atoms with van der Waals surface area (Å²) >= 11 is 0. The summed E-state index contributed by atoms with van der Waals surface area (Å²) < 4.78 is 13.0. The molecule has 0 spiro atoms. The number of hydrogen-bond acceptors (Lipinski definition) is 2. The van der Waals surface area contributed by atoms with Crippen LogP contribution in [0.3, 0.4) is 0 Å². The molecule has 0 fully saturated rings. The lowest BCUT2D eigenvalue weighted by atomic mass is 10.2. The molecule has 0 aliphatic heterocycles. The van der Waals surface area contributed by atoms with Crippen LogP contribution in [0.15, 0.2) is 43.0 Å². The van der Waals surface area contributed by atoms with Crippen molar-refractivity contribution in [2.45, 2.75) is 5.75 Å². The number of aromatic nitrogens is 2. The van der Waals surface area contributed by atoms with E-state index in [0.29, 0.717) is 5.75 Å². The van der Waals surface area contributed by atoms with Crippen molar-refractivity contribution in [2.24, 2.45) is 0 Å². The molecule has 0 radical (unpaired) electrons. The molecule has 0 saturated carbocycles. The Morgan fingerprint density at radius 1 is 1.47 bits per heavy atom. The second kappa shape index (κ2) is 4.40. The van der Waals surface area contributed by atoms with Gasteiger partial charge in [-0.1, -0.05) is 12.1 Å². The third-order valence-electron chi connectivity index (χ3n) is 2.08. The van der Waals surface area contributed by atoms with Crippen molar-refractivity contribution < 1.29 is 4.21 Å². The van der Waals surface area contributed by atoms with Crippen molar-refractivity contribution in [1.29, 1.82) is 0 Å². The summed E-state index contributed by atoms with van der Waals surface area (Å²) in [6.45, 7) is 0. The molecule has 2 aromatic rings. The van der Waals surface area contributed by atoms with Crippen LogP contribution in [0.5, 0.6) is 0 Å². The molecule has 0 N–H and O–H groups in total. The van der Waals surface area contributed by atoms with Gasteiger partial charge in [-0.2, -0.15) is 0 Å². The van der Waals surface area contributed by atoms with E-state index >= 15 is 0 Å². The Balaban J connectivity index is 2.31. The number of hydrogen-bond donors (Lipinski definition) is 0. The highest BCUT2D eigenvalue weighted by atomic mass is 32.2. The minimum absolute atomic E-state index is 0.600. The number of benzene rings is 1. The summed E-state index contributed by atoms with van der Waals surface area (Å²) in [6.07, 6.45) is 7.10. The largest absolute Gasteiger partial charge is 0.306 e. The van der Waals surface area contributed by atoms with E-state index in [1.807, 2.05) is 35.0 Å². The molecule has 1 atom stereocenters. The second-order valence-electron chi connectivity index (χ2n) is 3.36. The first-order chi connectivity index (χ1) is 7.25. The summed E-state index contributed by atoms with van der Waals surface area (Å²) in [4.78, 5) is 3.99. The van der Waals surface area contributed by atoms with Crippen molar-refractivity contribution in [1.82, 2.24) is 9.55 Å². The maximum Gasteiger partial charge on any atom is 0.0991 e. The minimum atomic E-state index is -0.796. The predicted molar refractivity (Wildman–Crippen MR) is 61.3 cm³/mol. The van der Waals surface area contributed by atoms with E-state index in [-0.39, 0.29) is 0 Å². The monoisotopic (exact) mass is 220 g/mol. The van der Waals surface area contributed by atoms with Crippen molar-refractivity contribution >= 4 is 10.8 Å². The molecule has 2 rings (SSSR count). The molecule has 1 unspecified atom stereocenters. The van der Waals surface area contributed by atoms with Crippen LogP contribution in [-0.4, -0.2) is 20.0 Å². The summed E-state index contributed by atoms with van der Waals surface area (Å²) in [6, 6.07) is 7.99. The van der Waals surface area contributed by atoms with Crippen LogP contribution in [0.4, 0.5) is 0 Å². The summed E-state index contributed by atoms with van der Waals surface area (Å²) in [5.74, 6) is 0.600. The van der Waals surface area contributed by atoms with E-state index in [4.69, 9.17) is 0 Å². The van der Waals surface area contributed by atoms with Gasteiger partial charge in [-0.15, -0.1) is 0 Å². The number of nitrogens with zero attached hydrogens (tertiary/aromatic N) is 2. The normalized spacial score (nSPS) is 12.6. The molecule has 0 aliphatic rings. The van der Waals surface area contributed by atoms with Gasteiger partial charge in [0, 0.05) is 40.9 Å². The number of rotatable bonds is 3. The van der Waals surface area contributed by atoms with E-state index in [1.165, 1.54) is 0 Å². The maximum absolute atomic E-state index is 11.1. The Morgan fingerprint density at radius 2 is 2.33 bits per heavy atom. The smallest absolute Gasteiger partial charge is 0.0991 e. The average molecular weight is 220 g/mol. The van der Waals surface area contributed by atoms with E-state index in [9.17, 15) is 4.21 Å². The Kier molecular flexibility index (Phi) is 2.97. The zero-order valence-electron chi connectivity index (χ0n) is 8.46. The van der Waals surface area contributed by atoms with E-state index in [0.717, 1.165) is 11.3 Å². The molecule has 4 heteroatoms. The van der Waals surface area contributed by atoms with E-state index in [1.54, 1.807) is 18.8 Å². The molecular formula is C11H12N2OS. The second-order valence-corrected chi connectivity index (χ2v) is 4.79. The van der Waals surface area contributed by atoms with Gasteiger partial charge in [-0.25, -0.2) is 4.98 Å². The molecule has 1 aromatic carbocycles. The van der Waals surface area contributed by atoms with Crippen LogP contribution in [0, 0.1) is 0 Å². The fraction of sp³-hybridized carbons (Fsp3) is 0.182. The number of imidazole rings is 1. The Morgan fingerprint density at radius 3 is 3.00 bits per heavy atom. The maximum atomic E-state index is 11.1. The van der Waals surface area contributed by atoms with Gasteiger partial charge in [0.05, 0.1) is 6.33 Å². The zero-order chi connectivity index (χ0) is 10.7. The summed E-state index contributed by atoms with van der Waals surface area (Å²) in [5.41, 5.74) is 2.14. The van der Waals surface area contributed by atoms with Gasteiger partial charge in [-0.3, -0.25) is 4.21 Å². The molecule has 0 aliphatic carbocycles. The first-order valence-corrected chi connectivity index (χ1v) is 6.36. The molecular weight excluding hydrogens is 208 g/mol. The molecule has 0 bridgehead atoms. The SMILES string of the molecule is CS(=O)Cc1cccc(-n2ccnc2)c1. The Hall–Kier alpha value is -1.42. The lowest BCUT2D eigenvalue weighted by Gasteiger charge is -2.04. The van der Waals surface area contributed by atoms with Crippen LogP contribution < -0.4 is 0 Å². The Bertz CT molecular complexity index is 465. The molecule has 1 heterocycles. The highest BCUT2D eigenvalue weighted by Crippen LogP contribution is 2.11. The van der Waals surface area contributed by atoms with Crippen molar-refractivity contribution in [3.8, 4) is 5.69 Å². The first kappa shape index (κ1) is 10.1. The fourth-order valence-corrected chi connectivity index (χ4v) is 2.10. The third kappa shape index (κ3) is 2.53. The molecule has 78 valence electrons. The van der Waals surface area contributed by atoms with Crippen LogP contribution in [0.2, 0.25) is 0 Å². The van der Waals surface area contributed by atoms with Gasteiger partial charge >= 0.3 is 0 Å². The van der Waals surface area contributed by atoms with Gasteiger partial charge in [0.25, 0.3) is 0 Å². The van der Waals surface area contributed by atoms with Crippen molar-refractivity contribution in [3.05, 3.63) is 48.5 Å². The Labute approximate surface area is 91.2 Å². The standard InChI is InChI=1S/C11H12N2OS/c1-15(14)8-10-3-2-4-11(7-10)13-6-5-12-9-13/h2-7,9H,8H2,1H3. The molecule has 3 nitrogen and oxygen atoms in total. The van der Waals surface area contributed by atoms with Gasteiger partial charge in [0.2, 0.25) is 0 Å². The average Bonchev–Trinajstić information content (AvgIpc) is 2.69. The van der Waals surface area contributed by atoms with E-state index in [2.05, 4.69) is 4.98 Å². The van der Waals surface area contributed by atoms with E-state index < -0.39 is 10.8 Å². The predicted octanol–water partition coefficient (Wildman–Crippen LogP) is 1.75. The lowest BCUT2D eigenvalue weighted by molar-refractivity contribution is 0.686. The van der Waals surface area contributed by atoms with Gasteiger partial charge in [-0.05, 0) is 17.7 Å². The quantitative estimate of drug-likeness (QED) is 0.790. The van der Waals surface area contributed by atoms with Crippen LogP contribution in [-0.2, 0) is 16.6 Å². The van der Waals surface area contributed by atoms with Crippen LogP contribution in [0.25, 0.3) is 5.69 Å². The molecule has 0 saturated heterocycles. The van der Waals surface area contributed by atoms with Crippen LogP contribution in [0.1, 0.15) is 5.56 Å². The molecule has 1 aromatic heterocycles. The van der Waals surface area contributed by atoms with Gasteiger partial charge in [0.15, 0.2) is 0 Å². The fourth-order valence-electron chi connectivity index (χ4n) is 1.45. The zero-order valence-corrected chi connectivity index (χ0v) is 9.28. The summed E-state index contributed by atoms with van der Waals surface area (Å²) in [5, 5.41) is 0. The highest BCUT2D eigenvalue weighted by molar-refractivity contribution is 7.83. The lowest BCUT2D eigenvalue weighted by Crippen LogP contribution is -1.95. The van der Waals surface area contributed by atoms with Crippen molar-refractivity contribution in [3.63, 3.8) is 0 Å². The topological polar surface area (TPSA) is 34.9 Å². The molecule has 0 amide bonds. The summed E-state index contributed by atoms with van der Waals surface area (Å²) in [7, 11) is -0.796. The third-order valence-corrected chi connectivity index (χ3v) is 2.82. The molecule has 15 heavy (non-hydrogen) atoms. The van der Waals surface area contributed by atoms with Gasteiger partial charge < -0.3 is 4.57 Å². The van der Waals surface area contributed by atoms with Crippen molar-refractivity contribution in [2.75, 3.05) is 6.26 Å². The minimum Gasteiger partial charge on any atom is -0.306 e. The first-order valence-electron chi connectivity index (χ1n) is 4.63.